The Bertz CT molecular complexity index is 413. The second-order valence-corrected chi connectivity index (χ2v) is 6.44. The fourth-order valence-electron chi connectivity index (χ4n) is 1.72. The molecule has 0 spiro atoms. The molecular formula is C14H21ClN2O. The fourth-order valence-corrected chi connectivity index (χ4v) is 2.26. The predicted octanol–water partition coefficient (Wildman–Crippen LogP) is 3.16. The zero-order valence-corrected chi connectivity index (χ0v) is 12.2. The van der Waals surface area contributed by atoms with E-state index in [2.05, 4.69) is 31.1 Å². The van der Waals surface area contributed by atoms with Crippen LogP contribution < -0.4 is 5.32 Å². The molecule has 0 fully saturated rings. The molecule has 0 aliphatic rings. The lowest BCUT2D eigenvalue weighted by molar-refractivity contribution is 0.0951. The Morgan fingerprint density at radius 2 is 2.11 bits per heavy atom. The highest BCUT2D eigenvalue weighted by Gasteiger charge is 2.17. The molecule has 3 nitrogen and oxygen atoms in total. The van der Waals surface area contributed by atoms with Gasteiger partial charge in [-0.3, -0.25) is 9.78 Å². The van der Waals surface area contributed by atoms with Crippen LogP contribution in [0.2, 0.25) is 0 Å². The SMILES string of the molecule is Cc1cncc(C(=O)NCC(Cl)CC(C)(C)C)c1. The largest absolute Gasteiger partial charge is 0.351 e. The van der Waals surface area contributed by atoms with Gasteiger partial charge in [0.2, 0.25) is 0 Å². The third-order valence-electron chi connectivity index (χ3n) is 2.46. The van der Waals surface area contributed by atoms with Gasteiger partial charge in [-0.15, -0.1) is 11.6 Å². The monoisotopic (exact) mass is 268 g/mol. The lowest BCUT2D eigenvalue weighted by Gasteiger charge is -2.21. The first-order valence-corrected chi connectivity index (χ1v) is 6.55. The summed E-state index contributed by atoms with van der Waals surface area (Å²) in [6.07, 6.45) is 4.15. The molecule has 4 heteroatoms. The van der Waals surface area contributed by atoms with E-state index >= 15 is 0 Å². The van der Waals surface area contributed by atoms with E-state index < -0.39 is 0 Å². The molecule has 1 rings (SSSR count). The number of amides is 1. The fraction of sp³-hybridized carbons (Fsp3) is 0.571. The van der Waals surface area contributed by atoms with E-state index in [0.717, 1.165) is 12.0 Å². The van der Waals surface area contributed by atoms with Crippen molar-refractivity contribution in [3.8, 4) is 0 Å². The molecule has 0 saturated heterocycles. The molecule has 0 bridgehead atoms. The van der Waals surface area contributed by atoms with Crippen LogP contribution in [-0.4, -0.2) is 22.8 Å². The van der Waals surface area contributed by atoms with Gasteiger partial charge in [0.25, 0.3) is 5.91 Å². The maximum atomic E-state index is 11.9. The number of nitrogens with zero attached hydrogens (tertiary/aromatic N) is 1. The van der Waals surface area contributed by atoms with Crippen LogP contribution in [-0.2, 0) is 0 Å². The van der Waals surface area contributed by atoms with Crippen molar-refractivity contribution in [2.24, 2.45) is 5.41 Å². The lowest BCUT2D eigenvalue weighted by Crippen LogP contribution is -2.31. The number of carbonyl (C=O) groups excluding carboxylic acids is 1. The summed E-state index contributed by atoms with van der Waals surface area (Å²) in [4.78, 5) is 15.9. The molecule has 1 heterocycles. The Morgan fingerprint density at radius 1 is 1.44 bits per heavy atom. The number of hydrogen-bond acceptors (Lipinski definition) is 2. The summed E-state index contributed by atoms with van der Waals surface area (Å²) < 4.78 is 0. The first kappa shape index (κ1) is 15.0. The van der Waals surface area contributed by atoms with Crippen molar-refractivity contribution in [3.05, 3.63) is 29.6 Å². The Hall–Kier alpha value is -1.09. The Balaban J connectivity index is 2.47. The van der Waals surface area contributed by atoms with Crippen molar-refractivity contribution in [1.29, 1.82) is 0 Å². The number of hydrogen-bond donors (Lipinski definition) is 1. The smallest absolute Gasteiger partial charge is 0.252 e. The minimum absolute atomic E-state index is 0.0493. The van der Waals surface area contributed by atoms with Crippen molar-refractivity contribution >= 4 is 17.5 Å². The number of halogens is 1. The van der Waals surface area contributed by atoms with Gasteiger partial charge in [0.05, 0.1) is 10.9 Å². The number of alkyl halides is 1. The molecule has 0 aliphatic carbocycles. The predicted molar refractivity (Wildman–Crippen MR) is 75.0 cm³/mol. The quantitative estimate of drug-likeness (QED) is 0.853. The van der Waals surface area contributed by atoms with E-state index in [1.165, 1.54) is 0 Å². The summed E-state index contributed by atoms with van der Waals surface area (Å²) in [5, 5.41) is 2.79. The molecule has 18 heavy (non-hydrogen) atoms. The van der Waals surface area contributed by atoms with Crippen LogP contribution in [0, 0.1) is 12.3 Å². The molecule has 1 aromatic rings. The Morgan fingerprint density at radius 3 is 2.67 bits per heavy atom. The Labute approximate surface area is 114 Å². The van der Waals surface area contributed by atoms with Gasteiger partial charge in [-0.05, 0) is 30.4 Å². The summed E-state index contributed by atoms with van der Waals surface area (Å²) in [6, 6.07) is 1.81. The van der Waals surface area contributed by atoms with E-state index in [9.17, 15) is 4.79 Å². The van der Waals surface area contributed by atoms with Crippen molar-refractivity contribution in [1.82, 2.24) is 10.3 Å². The first-order valence-electron chi connectivity index (χ1n) is 6.12. The molecule has 0 saturated carbocycles. The van der Waals surface area contributed by atoms with Crippen molar-refractivity contribution in [2.45, 2.75) is 39.5 Å². The highest BCUT2D eigenvalue weighted by atomic mass is 35.5. The minimum Gasteiger partial charge on any atom is -0.351 e. The summed E-state index contributed by atoms with van der Waals surface area (Å²) >= 11 is 6.20. The van der Waals surface area contributed by atoms with E-state index in [1.807, 2.05) is 13.0 Å². The molecule has 1 N–H and O–H groups in total. The minimum atomic E-state index is -0.120. The molecule has 1 unspecified atom stereocenters. The number of rotatable bonds is 4. The van der Waals surface area contributed by atoms with E-state index in [0.29, 0.717) is 12.1 Å². The molecule has 0 radical (unpaired) electrons. The number of aryl methyl sites for hydroxylation is 1. The normalized spacial score (nSPS) is 13.2. The van der Waals surface area contributed by atoms with Crippen LogP contribution >= 0.6 is 11.6 Å². The Kier molecular flexibility index (Phi) is 5.15. The van der Waals surface area contributed by atoms with Crippen LogP contribution in [0.5, 0.6) is 0 Å². The van der Waals surface area contributed by atoms with Gasteiger partial charge in [0.15, 0.2) is 0 Å². The number of nitrogens with one attached hydrogen (secondary N) is 1. The highest BCUT2D eigenvalue weighted by Crippen LogP contribution is 2.23. The van der Waals surface area contributed by atoms with Crippen molar-refractivity contribution < 1.29 is 4.79 Å². The molecular weight excluding hydrogens is 248 g/mol. The molecule has 1 atom stereocenters. The maximum Gasteiger partial charge on any atom is 0.252 e. The lowest BCUT2D eigenvalue weighted by atomic mass is 9.90. The van der Waals surface area contributed by atoms with Gasteiger partial charge in [-0.2, -0.15) is 0 Å². The van der Waals surface area contributed by atoms with Gasteiger partial charge in [0, 0.05) is 18.9 Å². The molecule has 1 amide bonds. The maximum absolute atomic E-state index is 11.9. The second kappa shape index (κ2) is 6.19. The second-order valence-electron chi connectivity index (χ2n) is 5.82. The number of pyridine rings is 1. The van der Waals surface area contributed by atoms with Crippen LogP contribution in [0.3, 0.4) is 0 Å². The number of aromatic nitrogens is 1. The van der Waals surface area contributed by atoms with Crippen LogP contribution in [0.4, 0.5) is 0 Å². The van der Waals surface area contributed by atoms with Gasteiger partial charge in [-0.1, -0.05) is 20.8 Å². The van der Waals surface area contributed by atoms with E-state index in [-0.39, 0.29) is 16.7 Å². The summed E-state index contributed by atoms with van der Waals surface area (Å²) in [6.45, 7) is 8.79. The third kappa shape index (κ3) is 5.50. The standard InChI is InChI=1S/C14H21ClN2O/c1-10-5-11(8-16-7-10)13(18)17-9-12(15)6-14(2,3)4/h5,7-8,12H,6,9H2,1-4H3,(H,17,18). The summed E-state index contributed by atoms with van der Waals surface area (Å²) in [7, 11) is 0. The topological polar surface area (TPSA) is 42.0 Å². The average Bonchev–Trinajstić information content (AvgIpc) is 2.23. The van der Waals surface area contributed by atoms with Gasteiger partial charge in [-0.25, -0.2) is 0 Å². The molecule has 100 valence electrons. The van der Waals surface area contributed by atoms with Crippen LogP contribution in [0.1, 0.15) is 43.1 Å². The van der Waals surface area contributed by atoms with Gasteiger partial charge >= 0.3 is 0 Å². The van der Waals surface area contributed by atoms with Crippen molar-refractivity contribution in [3.63, 3.8) is 0 Å². The average molecular weight is 269 g/mol. The van der Waals surface area contributed by atoms with E-state index in [1.54, 1.807) is 12.4 Å². The highest BCUT2D eigenvalue weighted by molar-refractivity contribution is 6.21. The van der Waals surface area contributed by atoms with E-state index in [4.69, 9.17) is 11.6 Å². The molecule has 1 aromatic heterocycles. The molecule has 0 aliphatic heterocycles. The van der Waals surface area contributed by atoms with Gasteiger partial charge in [0.1, 0.15) is 0 Å². The zero-order valence-electron chi connectivity index (χ0n) is 11.5. The van der Waals surface area contributed by atoms with Crippen LogP contribution in [0.25, 0.3) is 0 Å². The number of carbonyl (C=O) groups is 1. The summed E-state index contributed by atoms with van der Waals surface area (Å²) in [5.74, 6) is -0.120. The van der Waals surface area contributed by atoms with Crippen LogP contribution in [0.15, 0.2) is 18.5 Å². The third-order valence-corrected chi connectivity index (χ3v) is 2.76. The summed E-state index contributed by atoms with van der Waals surface area (Å²) in [5.41, 5.74) is 1.72. The molecule has 0 aromatic carbocycles. The van der Waals surface area contributed by atoms with Gasteiger partial charge < -0.3 is 5.32 Å². The van der Waals surface area contributed by atoms with Crippen molar-refractivity contribution in [2.75, 3.05) is 6.54 Å². The zero-order chi connectivity index (χ0) is 13.8. The first-order chi connectivity index (χ1) is 8.28.